The van der Waals surface area contributed by atoms with Gasteiger partial charge in [0.25, 0.3) is 0 Å². The van der Waals surface area contributed by atoms with Gasteiger partial charge in [0.1, 0.15) is 0 Å². The lowest BCUT2D eigenvalue weighted by molar-refractivity contribution is 0.170. The first-order chi connectivity index (χ1) is 8.42. The van der Waals surface area contributed by atoms with Crippen LogP contribution in [0.15, 0.2) is 18.2 Å². The number of aliphatic hydroxyl groups excluding tert-OH is 1. The summed E-state index contributed by atoms with van der Waals surface area (Å²) in [5, 5.41) is 12.8. The predicted octanol–water partition coefficient (Wildman–Crippen LogP) is 2.29. The highest BCUT2D eigenvalue weighted by Gasteiger charge is 2.26. The Morgan fingerprint density at radius 2 is 2.11 bits per heavy atom. The van der Waals surface area contributed by atoms with Crippen LogP contribution in [0.3, 0.4) is 0 Å². The molecule has 102 valence electrons. The third kappa shape index (κ3) is 3.43. The Morgan fingerprint density at radius 3 is 2.56 bits per heavy atom. The molecule has 18 heavy (non-hydrogen) atoms. The average Bonchev–Trinajstić information content (AvgIpc) is 2.35. The minimum atomic E-state index is -0.641. The van der Waals surface area contributed by atoms with Gasteiger partial charge in [-0.05, 0) is 37.1 Å². The van der Waals surface area contributed by atoms with Gasteiger partial charge in [-0.25, -0.2) is 4.39 Å². The van der Waals surface area contributed by atoms with Crippen LogP contribution in [0.2, 0.25) is 0 Å². The lowest BCUT2D eigenvalue weighted by Gasteiger charge is -2.30. The summed E-state index contributed by atoms with van der Waals surface area (Å²) in [5.41, 5.74) is 0.0705. The highest BCUT2D eigenvalue weighted by Crippen LogP contribution is 2.25. The molecule has 1 unspecified atom stereocenters. The van der Waals surface area contributed by atoms with Gasteiger partial charge in [-0.1, -0.05) is 19.9 Å². The molecule has 0 heterocycles. The van der Waals surface area contributed by atoms with Crippen LogP contribution in [0.5, 0.6) is 5.75 Å². The van der Waals surface area contributed by atoms with E-state index in [0.717, 1.165) is 6.54 Å². The topological polar surface area (TPSA) is 41.5 Å². The van der Waals surface area contributed by atoms with Gasteiger partial charge < -0.3 is 15.2 Å². The highest BCUT2D eigenvalue weighted by molar-refractivity contribution is 5.33. The molecule has 4 heteroatoms. The van der Waals surface area contributed by atoms with E-state index in [2.05, 4.69) is 19.2 Å². The number of benzene rings is 1. The minimum absolute atomic E-state index is 0.0918. The van der Waals surface area contributed by atoms with Crippen LogP contribution in [-0.2, 0) is 5.54 Å². The molecule has 0 fully saturated rings. The van der Waals surface area contributed by atoms with Crippen LogP contribution < -0.4 is 10.1 Å². The number of ether oxygens (including phenoxy) is 1. The van der Waals surface area contributed by atoms with Crippen molar-refractivity contribution >= 4 is 0 Å². The summed E-state index contributed by atoms with van der Waals surface area (Å²) in [6.07, 6.45) is 0. The van der Waals surface area contributed by atoms with Crippen LogP contribution in [-0.4, -0.2) is 25.4 Å². The standard InChI is InChI=1S/C14H22FNO2/c1-10(2)8-16-14(3,9-17)11-5-6-13(18-4)12(15)7-11/h5-7,10,16-17H,8-9H2,1-4H3. The minimum Gasteiger partial charge on any atom is -0.494 e. The summed E-state index contributed by atoms with van der Waals surface area (Å²) < 4.78 is 18.6. The lowest BCUT2D eigenvalue weighted by Crippen LogP contribution is -2.44. The van der Waals surface area contributed by atoms with E-state index in [4.69, 9.17) is 4.74 Å². The second-order valence-corrected chi connectivity index (χ2v) is 5.11. The van der Waals surface area contributed by atoms with Crippen molar-refractivity contribution in [2.45, 2.75) is 26.3 Å². The fourth-order valence-electron chi connectivity index (χ4n) is 1.69. The summed E-state index contributed by atoms with van der Waals surface area (Å²) in [7, 11) is 1.43. The summed E-state index contributed by atoms with van der Waals surface area (Å²) in [6.45, 7) is 6.69. The first-order valence-corrected chi connectivity index (χ1v) is 6.13. The highest BCUT2D eigenvalue weighted by atomic mass is 19.1. The molecule has 1 aromatic rings. The van der Waals surface area contributed by atoms with Crippen molar-refractivity contribution in [2.24, 2.45) is 5.92 Å². The zero-order valence-electron chi connectivity index (χ0n) is 11.5. The Hall–Kier alpha value is -1.13. The summed E-state index contributed by atoms with van der Waals surface area (Å²) in [4.78, 5) is 0. The van der Waals surface area contributed by atoms with E-state index in [9.17, 15) is 9.50 Å². The van der Waals surface area contributed by atoms with Gasteiger partial charge in [-0.15, -0.1) is 0 Å². The smallest absolute Gasteiger partial charge is 0.165 e. The number of hydrogen-bond acceptors (Lipinski definition) is 3. The predicted molar refractivity (Wildman–Crippen MR) is 70.2 cm³/mol. The fourth-order valence-corrected chi connectivity index (χ4v) is 1.69. The first-order valence-electron chi connectivity index (χ1n) is 6.13. The third-order valence-electron chi connectivity index (χ3n) is 3.01. The molecule has 0 bridgehead atoms. The molecule has 0 aliphatic heterocycles. The third-order valence-corrected chi connectivity index (χ3v) is 3.01. The second-order valence-electron chi connectivity index (χ2n) is 5.11. The van der Waals surface area contributed by atoms with E-state index < -0.39 is 11.4 Å². The molecule has 0 aliphatic carbocycles. The quantitative estimate of drug-likeness (QED) is 0.819. The molecular weight excluding hydrogens is 233 g/mol. The molecule has 1 atom stereocenters. The van der Waals surface area contributed by atoms with Crippen molar-refractivity contribution in [3.63, 3.8) is 0 Å². The van der Waals surface area contributed by atoms with Crippen molar-refractivity contribution in [3.05, 3.63) is 29.6 Å². The van der Waals surface area contributed by atoms with Gasteiger partial charge in [0.05, 0.1) is 19.3 Å². The molecule has 3 nitrogen and oxygen atoms in total. The molecule has 0 aliphatic rings. The van der Waals surface area contributed by atoms with Gasteiger partial charge in [-0.2, -0.15) is 0 Å². The zero-order chi connectivity index (χ0) is 13.8. The van der Waals surface area contributed by atoms with Crippen molar-refractivity contribution in [1.82, 2.24) is 5.32 Å². The first kappa shape index (κ1) is 14.9. The number of rotatable bonds is 6. The normalized spacial score (nSPS) is 14.6. The second kappa shape index (κ2) is 6.16. The van der Waals surface area contributed by atoms with E-state index >= 15 is 0 Å². The molecular formula is C14H22FNO2. The molecule has 0 radical (unpaired) electrons. The number of methoxy groups -OCH3 is 1. The van der Waals surface area contributed by atoms with Crippen molar-refractivity contribution < 1.29 is 14.2 Å². The van der Waals surface area contributed by atoms with Crippen molar-refractivity contribution in [3.8, 4) is 5.75 Å². The number of halogens is 1. The summed E-state index contributed by atoms with van der Waals surface area (Å²) >= 11 is 0. The monoisotopic (exact) mass is 255 g/mol. The largest absolute Gasteiger partial charge is 0.494 e. The maximum Gasteiger partial charge on any atom is 0.165 e. The van der Waals surface area contributed by atoms with E-state index in [1.54, 1.807) is 12.1 Å². The average molecular weight is 255 g/mol. The van der Waals surface area contributed by atoms with Gasteiger partial charge in [-0.3, -0.25) is 0 Å². The van der Waals surface area contributed by atoms with Gasteiger partial charge in [0, 0.05) is 0 Å². The van der Waals surface area contributed by atoms with Gasteiger partial charge in [0.15, 0.2) is 11.6 Å². The fraction of sp³-hybridized carbons (Fsp3) is 0.571. The lowest BCUT2D eigenvalue weighted by atomic mass is 9.92. The maximum atomic E-state index is 13.7. The number of hydrogen-bond donors (Lipinski definition) is 2. The SMILES string of the molecule is COc1ccc(C(C)(CO)NCC(C)C)cc1F. The van der Waals surface area contributed by atoms with Crippen LogP contribution in [0, 0.1) is 11.7 Å². The molecule has 1 rings (SSSR count). The molecule has 0 saturated carbocycles. The Labute approximate surface area is 108 Å². The van der Waals surface area contributed by atoms with E-state index in [0.29, 0.717) is 11.5 Å². The van der Waals surface area contributed by atoms with Crippen LogP contribution >= 0.6 is 0 Å². The van der Waals surface area contributed by atoms with E-state index in [-0.39, 0.29) is 12.4 Å². The van der Waals surface area contributed by atoms with Crippen LogP contribution in [0.4, 0.5) is 4.39 Å². The van der Waals surface area contributed by atoms with Crippen molar-refractivity contribution in [1.29, 1.82) is 0 Å². The summed E-state index contributed by atoms with van der Waals surface area (Å²) in [5.74, 6) is 0.253. The van der Waals surface area contributed by atoms with Gasteiger partial charge >= 0.3 is 0 Å². The Bertz CT molecular complexity index is 395. The van der Waals surface area contributed by atoms with Crippen molar-refractivity contribution in [2.75, 3.05) is 20.3 Å². The molecule has 2 N–H and O–H groups in total. The Balaban J connectivity index is 2.96. The zero-order valence-corrected chi connectivity index (χ0v) is 11.5. The maximum absolute atomic E-state index is 13.7. The Morgan fingerprint density at radius 1 is 1.44 bits per heavy atom. The molecule has 0 saturated heterocycles. The van der Waals surface area contributed by atoms with Crippen LogP contribution in [0.1, 0.15) is 26.3 Å². The van der Waals surface area contributed by atoms with Crippen LogP contribution in [0.25, 0.3) is 0 Å². The Kier molecular flexibility index (Phi) is 5.11. The number of nitrogens with one attached hydrogen (secondary N) is 1. The van der Waals surface area contributed by atoms with Gasteiger partial charge in [0.2, 0.25) is 0 Å². The molecule has 1 aromatic carbocycles. The van der Waals surface area contributed by atoms with E-state index in [1.807, 2.05) is 6.92 Å². The molecule has 0 spiro atoms. The molecule has 0 amide bonds. The molecule has 0 aromatic heterocycles. The number of aliphatic hydroxyl groups is 1. The summed E-state index contributed by atoms with van der Waals surface area (Å²) in [6, 6.07) is 4.75. The van der Waals surface area contributed by atoms with E-state index in [1.165, 1.54) is 13.2 Å².